The molecule has 0 aromatic rings. The summed E-state index contributed by atoms with van der Waals surface area (Å²) in [6.45, 7) is 2.41. The SMILES string of the molecule is CC1CCCCCCC(N)CCCC1. The first-order valence-corrected chi connectivity index (χ1v) is 6.54. The molecule has 1 rings (SSSR count). The highest BCUT2D eigenvalue weighted by atomic mass is 14.6. The summed E-state index contributed by atoms with van der Waals surface area (Å²) in [6.07, 6.45) is 13.8. The highest BCUT2D eigenvalue weighted by Crippen LogP contribution is 2.19. The van der Waals surface area contributed by atoms with Crippen molar-refractivity contribution in [1.29, 1.82) is 0 Å². The molecule has 0 aromatic heterocycles. The van der Waals surface area contributed by atoms with Crippen LogP contribution in [0.2, 0.25) is 0 Å². The average Bonchev–Trinajstić information content (AvgIpc) is 2.16. The van der Waals surface area contributed by atoms with Crippen LogP contribution in [0.5, 0.6) is 0 Å². The molecule has 0 radical (unpaired) electrons. The molecule has 14 heavy (non-hydrogen) atoms. The third-order valence-electron chi connectivity index (χ3n) is 3.54. The van der Waals surface area contributed by atoms with Gasteiger partial charge in [-0.05, 0) is 18.8 Å². The van der Waals surface area contributed by atoms with E-state index in [4.69, 9.17) is 5.73 Å². The molecule has 2 atom stereocenters. The maximum absolute atomic E-state index is 6.05. The second kappa shape index (κ2) is 7.28. The van der Waals surface area contributed by atoms with Crippen LogP contribution >= 0.6 is 0 Å². The van der Waals surface area contributed by atoms with Gasteiger partial charge in [0.25, 0.3) is 0 Å². The van der Waals surface area contributed by atoms with Crippen molar-refractivity contribution in [3.8, 4) is 0 Å². The Morgan fingerprint density at radius 3 is 1.79 bits per heavy atom. The van der Waals surface area contributed by atoms with E-state index >= 15 is 0 Å². The number of hydrogen-bond donors (Lipinski definition) is 1. The summed E-state index contributed by atoms with van der Waals surface area (Å²) in [7, 11) is 0. The molecule has 84 valence electrons. The summed E-state index contributed by atoms with van der Waals surface area (Å²) in [4.78, 5) is 0. The second-order valence-electron chi connectivity index (χ2n) is 5.14. The topological polar surface area (TPSA) is 26.0 Å². The van der Waals surface area contributed by atoms with Gasteiger partial charge in [-0.25, -0.2) is 0 Å². The van der Waals surface area contributed by atoms with E-state index in [1.165, 1.54) is 64.2 Å². The van der Waals surface area contributed by atoms with Crippen LogP contribution in [0.4, 0.5) is 0 Å². The van der Waals surface area contributed by atoms with Crippen molar-refractivity contribution in [2.24, 2.45) is 11.7 Å². The molecule has 0 spiro atoms. The lowest BCUT2D eigenvalue weighted by Gasteiger charge is -2.15. The maximum Gasteiger partial charge on any atom is 0.00388 e. The smallest absolute Gasteiger partial charge is 0.00388 e. The van der Waals surface area contributed by atoms with Crippen LogP contribution in [-0.4, -0.2) is 6.04 Å². The Balaban J connectivity index is 2.20. The third-order valence-corrected chi connectivity index (χ3v) is 3.54. The molecular weight excluding hydrogens is 170 g/mol. The predicted molar refractivity (Wildman–Crippen MR) is 63.3 cm³/mol. The van der Waals surface area contributed by atoms with Gasteiger partial charge in [-0.3, -0.25) is 0 Å². The van der Waals surface area contributed by atoms with E-state index < -0.39 is 0 Å². The van der Waals surface area contributed by atoms with Crippen LogP contribution in [0.15, 0.2) is 0 Å². The van der Waals surface area contributed by atoms with Gasteiger partial charge in [-0.15, -0.1) is 0 Å². The zero-order valence-electron chi connectivity index (χ0n) is 9.80. The van der Waals surface area contributed by atoms with Crippen LogP contribution in [0.25, 0.3) is 0 Å². The quantitative estimate of drug-likeness (QED) is 0.627. The molecule has 0 saturated heterocycles. The predicted octanol–water partition coefficient (Wildman–Crippen LogP) is 3.86. The van der Waals surface area contributed by atoms with Crippen LogP contribution in [0.3, 0.4) is 0 Å². The fourth-order valence-corrected chi connectivity index (χ4v) is 2.44. The van der Waals surface area contributed by atoms with Gasteiger partial charge in [0.2, 0.25) is 0 Å². The van der Waals surface area contributed by atoms with Gasteiger partial charge in [-0.2, -0.15) is 0 Å². The van der Waals surface area contributed by atoms with Gasteiger partial charge in [0.1, 0.15) is 0 Å². The van der Waals surface area contributed by atoms with E-state index in [1.807, 2.05) is 0 Å². The minimum Gasteiger partial charge on any atom is -0.328 e. The van der Waals surface area contributed by atoms with Gasteiger partial charge in [-0.1, -0.05) is 58.3 Å². The Morgan fingerprint density at radius 1 is 0.714 bits per heavy atom. The lowest BCUT2D eigenvalue weighted by atomic mass is 9.93. The minimum absolute atomic E-state index is 0.490. The molecule has 0 aromatic carbocycles. The molecule has 0 amide bonds. The Hall–Kier alpha value is -0.0400. The molecule has 0 heterocycles. The zero-order valence-corrected chi connectivity index (χ0v) is 9.80. The van der Waals surface area contributed by atoms with Gasteiger partial charge in [0.15, 0.2) is 0 Å². The van der Waals surface area contributed by atoms with E-state index in [0.717, 1.165) is 5.92 Å². The van der Waals surface area contributed by atoms with Gasteiger partial charge >= 0.3 is 0 Å². The normalized spacial score (nSPS) is 33.0. The van der Waals surface area contributed by atoms with Crippen LogP contribution in [0, 0.1) is 5.92 Å². The van der Waals surface area contributed by atoms with E-state index in [0.29, 0.717) is 6.04 Å². The Bertz CT molecular complexity index is 117. The van der Waals surface area contributed by atoms with E-state index in [1.54, 1.807) is 0 Å². The fourth-order valence-electron chi connectivity index (χ4n) is 2.44. The molecule has 1 heteroatoms. The van der Waals surface area contributed by atoms with Crippen molar-refractivity contribution >= 4 is 0 Å². The van der Waals surface area contributed by atoms with Crippen molar-refractivity contribution < 1.29 is 0 Å². The highest BCUT2D eigenvalue weighted by Gasteiger charge is 2.06. The van der Waals surface area contributed by atoms with Crippen LogP contribution < -0.4 is 5.73 Å². The summed E-state index contributed by atoms with van der Waals surface area (Å²) >= 11 is 0. The van der Waals surface area contributed by atoms with Crippen molar-refractivity contribution in [3.63, 3.8) is 0 Å². The minimum atomic E-state index is 0.490. The lowest BCUT2D eigenvalue weighted by molar-refractivity contribution is 0.406. The average molecular weight is 197 g/mol. The Labute approximate surface area is 89.5 Å². The van der Waals surface area contributed by atoms with Gasteiger partial charge < -0.3 is 5.73 Å². The van der Waals surface area contributed by atoms with Gasteiger partial charge in [0.05, 0.1) is 0 Å². The number of hydrogen-bond acceptors (Lipinski definition) is 1. The maximum atomic E-state index is 6.05. The summed E-state index contributed by atoms with van der Waals surface area (Å²) in [5.74, 6) is 0.950. The molecule has 1 saturated carbocycles. The molecule has 2 N–H and O–H groups in total. The standard InChI is InChI=1S/C13H27N/c1-12-8-4-2-3-5-10-13(14)11-7-6-9-12/h12-13H,2-11,14H2,1H3. The van der Waals surface area contributed by atoms with Crippen molar-refractivity contribution in [3.05, 3.63) is 0 Å². The Morgan fingerprint density at radius 2 is 1.14 bits per heavy atom. The van der Waals surface area contributed by atoms with Crippen LogP contribution in [-0.2, 0) is 0 Å². The van der Waals surface area contributed by atoms with E-state index in [2.05, 4.69) is 6.92 Å². The molecule has 0 bridgehead atoms. The molecular formula is C13H27N. The highest BCUT2D eigenvalue weighted by molar-refractivity contribution is 4.64. The zero-order chi connectivity index (χ0) is 10.2. The third kappa shape index (κ3) is 5.64. The molecule has 1 nitrogen and oxygen atoms in total. The molecule has 1 aliphatic carbocycles. The monoisotopic (exact) mass is 197 g/mol. The first-order valence-electron chi connectivity index (χ1n) is 6.54. The van der Waals surface area contributed by atoms with Crippen LogP contribution in [0.1, 0.15) is 71.1 Å². The first kappa shape index (κ1) is 12.0. The number of rotatable bonds is 0. The summed E-state index contributed by atoms with van der Waals surface area (Å²) in [5.41, 5.74) is 6.05. The molecule has 1 fully saturated rings. The summed E-state index contributed by atoms with van der Waals surface area (Å²) in [6, 6.07) is 0.490. The molecule has 1 aliphatic rings. The van der Waals surface area contributed by atoms with Crippen molar-refractivity contribution in [2.45, 2.75) is 77.2 Å². The fraction of sp³-hybridized carbons (Fsp3) is 1.00. The lowest BCUT2D eigenvalue weighted by Crippen LogP contribution is -2.19. The Kier molecular flexibility index (Phi) is 6.25. The molecule has 2 unspecified atom stereocenters. The van der Waals surface area contributed by atoms with E-state index in [-0.39, 0.29) is 0 Å². The largest absolute Gasteiger partial charge is 0.328 e. The van der Waals surface area contributed by atoms with E-state index in [9.17, 15) is 0 Å². The van der Waals surface area contributed by atoms with Gasteiger partial charge in [0, 0.05) is 6.04 Å². The second-order valence-corrected chi connectivity index (χ2v) is 5.14. The van der Waals surface area contributed by atoms with Crippen molar-refractivity contribution in [2.75, 3.05) is 0 Å². The first-order chi connectivity index (χ1) is 6.79. The van der Waals surface area contributed by atoms with Crippen molar-refractivity contribution in [1.82, 2.24) is 0 Å². The summed E-state index contributed by atoms with van der Waals surface area (Å²) < 4.78 is 0. The molecule has 0 aliphatic heterocycles. The summed E-state index contributed by atoms with van der Waals surface area (Å²) in [5, 5.41) is 0. The number of nitrogens with two attached hydrogens (primary N) is 1.